The average Bonchev–Trinajstić information content (AvgIpc) is 2.86. The molecular weight excluding hydrogens is 290 g/mol. The first-order valence-electron chi connectivity index (χ1n) is 7.02. The first-order valence-corrected chi connectivity index (χ1v) is 7.40. The summed E-state index contributed by atoms with van der Waals surface area (Å²) < 4.78 is 5.59. The third kappa shape index (κ3) is 3.85. The maximum absolute atomic E-state index is 5.99. The Morgan fingerprint density at radius 3 is 2.52 bits per heavy atom. The summed E-state index contributed by atoms with van der Waals surface area (Å²) in [6, 6.07) is 3.80. The third-order valence-electron chi connectivity index (χ3n) is 3.18. The molecule has 0 fully saturated rings. The Labute approximate surface area is 129 Å². The fraction of sp³-hybridized carbons (Fsp3) is 0.500. The average molecular weight is 310 g/mol. The molecule has 0 bridgehead atoms. The molecule has 1 unspecified atom stereocenters. The van der Waals surface area contributed by atoms with E-state index in [1.54, 1.807) is 0 Å². The van der Waals surface area contributed by atoms with Crippen LogP contribution < -0.4 is 10.2 Å². The Balaban J connectivity index is 2.19. The molecule has 7 heteroatoms. The monoisotopic (exact) mass is 309 g/mol. The molecule has 114 valence electrons. The fourth-order valence-electron chi connectivity index (χ4n) is 2.00. The molecule has 0 aliphatic carbocycles. The molecule has 2 aromatic heterocycles. The van der Waals surface area contributed by atoms with Gasteiger partial charge in [0.15, 0.2) is 0 Å². The fourth-order valence-corrected chi connectivity index (χ4v) is 2.16. The normalized spacial score (nSPS) is 12.2. The van der Waals surface area contributed by atoms with Gasteiger partial charge in [-0.05, 0) is 51.4 Å². The predicted octanol–water partition coefficient (Wildman–Crippen LogP) is 3.45. The number of aryl methyl sites for hydroxylation is 1. The summed E-state index contributed by atoms with van der Waals surface area (Å²) in [4.78, 5) is 14.7. The Bertz CT molecular complexity index is 597. The number of nitrogens with zero attached hydrogens (tertiary/aromatic N) is 4. The van der Waals surface area contributed by atoms with Gasteiger partial charge >= 0.3 is 0 Å². The highest BCUT2D eigenvalue weighted by atomic mass is 35.5. The van der Waals surface area contributed by atoms with Gasteiger partial charge in [0.25, 0.3) is 0 Å². The van der Waals surface area contributed by atoms with Crippen molar-refractivity contribution in [2.75, 3.05) is 23.3 Å². The third-order valence-corrected chi connectivity index (χ3v) is 3.35. The quantitative estimate of drug-likeness (QED) is 0.881. The molecule has 2 aromatic rings. The van der Waals surface area contributed by atoms with Crippen LogP contribution in [0.1, 0.15) is 38.3 Å². The highest BCUT2D eigenvalue weighted by molar-refractivity contribution is 6.28. The molecule has 6 nitrogen and oxygen atoms in total. The lowest BCUT2D eigenvalue weighted by Crippen LogP contribution is -2.25. The van der Waals surface area contributed by atoms with Crippen LogP contribution in [-0.2, 0) is 0 Å². The van der Waals surface area contributed by atoms with Crippen molar-refractivity contribution in [2.24, 2.45) is 0 Å². The van der Waals surface area contributed by atoms with Crippen molar-refractivity contribution >= 4 is 23.5 Å². The number of hydrogen-bond acceptors (Lipinski definition) is 6. The van der Waals surface area contributed by atoms with E-state index in [2.05, 4.69) is 20.3 Å². The van der Waals surface area contributed by atoms with E-state index in [1.807, 2.05) is 44.7 Å². The summed E-state index contributed by atoms with van der Waals surface area (Å²) in [5, 5.41) is 3.37. The second kappa shape index (κ2) is 6.76. The van der Waals surface area contributed by atoms with Gasteiger partial charge in [0.2, 0.25) is 17.2 Å². The van der Waals surface area contributed by atoms with E-state index in [1.165, 1.54) is 0 Å². The lowest BCUT2D eigenvalue weighted by molar-refractivity contribution is 0.466. The number of aromatic nitrogens is 3. The maximum atomic E-state index is 5.99. The minimum atomic E-state index is -0.0540. The molecular formula is C14H20ClN5O. The predicted molar refractivity (Wildman–Crippen MR) is 83.9 cm³/mol. The highest BCUT2D eigenvalue weighted by Gasteiger charge is 2.14. The van der Waals surface area contributed by atoms with Crippen LogP contribution >= 0.6 is 11.6 Å². The van der Waals surface area contributed by atoms with Gasteiger partial charge in [-0.3, -0.25) is 0 Å². The molecule has 2 rings (SSSR count). The molecule has 0 aliphatic rings. The van der Waals surface area contributed by atoms with Crippen molar-refractivity contribution in [1.82, 2.24) is 15.0 Å². The van der Waals surface area contributed by atoms with Gasteiger partial charge in [-0.1, -0.05) is 0 Å². The standard InChI is InChI=1S/C14H20ClN5O/c1-5-20(6-2)14-18-12(15)17-13(19-14)16-10(4)11-8-7-9(3)21-11/h7-8,10H,5-6H2,1-4H3,(H,16,17,18,19). The molecule has 0 spiro atoms. The van der Waals surface area contributed by atoms with Crippen LogP contribution in [-0.4, -0.2) is 28.0 Å². The summed E-state index contributed by atoms with van der Waals surface area (Å²) in [5.41, 5.74) is 0. The van der Waals surface area contributed by atoms with Crippen LogP contribution in [0.25, 0.3) is 0 Å². The zero-order chi connectivity index (χ0) is 15.4. The highest BCUT2D eigenvalue weighted by Crippen LogP contribution is 2.21. The molecule has 1 N–H and O–H groups in total. The van der Waals surface area contributed by atoms with Crippen molar-refractivity contribution < 1.29 is 4.42 Å². The van der Waals surface area contributed by atoms with E-state index < -0.39 is 0 Å². The van der Waals surface area contributed by atoms with Crippen LogP contribution in [0.3, 0.4) is 0 Å². The van der Waals surface area contributed by atoms with Crippen LogP contribution in [0.5, 0.6) is 0 Å². The van der Waals surface area contributed by atoms with E-state index >= 15 is 0 Å². The lowest BCUT2D eigenvalue weighted by Gasteiger charge is -2.19. The Kier molecular flexibility index (Phi) is 5.01. The molecule has 0 aliphatic heterocycles. The van der Waals surface area contributed by atoms with Gasteiger partial charge in [-0.25, -0.2) is 0 Å². The topological polar surface area (TPSA) is 67.1 Å². The first kappa shape index (κ1) is 15.6. The Hall–Kier alpha value is -1.82. The zero-order valence-corrected chi connectivity index (χ0v) is 13.5. The van der Waals surface area contributed by atoms with Crippen LogP contribution in [0.15, 0.2) is 16.5 Å². The van der Waals surface area contributed by atoms with E-state index in [0.29, 0.717) is 11.9 Å². The summed E-state index contributed by atoms with van der Waals surface area (Å²) in [6.45, 7) is 9.60. The van der Waals surface area contributed by atoms with Crippen molar-refractivity contribution in [2.45, 2.75) is 33.7 Å². The van der Waals surface area contributed by atoms with Crippen LogP contribution in [0.4, 0.5) is 11.9 Å². The minimum absolute atomic E-state index is 0.0540. The SMILES string of the molecule is CCN(CC)c1nc(Cl)nc(NC(C)c2ccc(C)o2)n1. The Morgan fingerprint density at radius 1 is 1.24 bits per heavy atom. The van der Waals surface area contributed by atoms with Crippen molar-refractivity contribution in [3.63, 3.8) is 0 Å². The smallest absolute Gasteiger partial charge is 0.231 e. The number of anilines is 2. The van der Waals surface area contributed by atoms with Crippen molar-refractivity contribution in [1.29, 1.82) is 0 Å². The van der Waals surface area contributed by atoms with Gasteiger partial charge in [-0.2, -0.15) is 15.0 Å². The summed E-state index contributed by atoms with van der Waals surface area (Å²) >= 11 is 5.99. The van der Waals surface area contributed by atoms with Crippen LogP contribution in [0.2, 0.25) is 5.28 Å². The van der Waals surface area contributed by atoms with Crippen molar-refractivity contribution in [3.05, 3.63) is 28.9 Å². The molecule has 0 amide bonds. The zero-order valence-electron chi connectivity index (χ0n) is 12.7. The van der Waals surface area contributed by atoms with Gasteiger partial charge in [-0.15, -0.1) is 0 Å². The van der Waals surface area contributed by atoms with Gasteiger partial charge in [0.1, 0.15) is 11.5 Å². The van der Waals surface area contributed by atoms with E-state index in [0.717, 1.165) is 24.6 Å². The molecule has 21 heavy (non-hydrogen) atoms. The molecule has 0 saturated carbocycles. The molecule has 0 saturated heterocycles. The lowest BCUT2D eigenvalue weighted by atomic mass is 10.2. The number of rotatable bonds is 6. The number of halogens is 1. The summed E-state index contributed by atoms with van der Waals surface area (Å²) in [5.74, 6) is 2.72. The molecule has 0 aromatic carbocycles. The Morgan fingerprint density at radius 2 is 1.95 bits per heavy atom. The molecule has 2 heterocycles. The molecule has 0 radical (unpaired) electrons. The summed E-state index contributed by atoms with van der Waals surface area (Å²) in [6.07, 6.45) is 0. The summed E-state index contributed by atoms with van der Waals surface area (Å²) in [7, 11) is 0. The van der Waals surface area contributed by atoms with Gasteiger partial charge in [0.05, 0.1) is 6.04 Å². The number of nitrogens with one attached hydrogen (secondary N) is 1. The van der Waals surface area contributed by atoms with E-state index in [9.17, 15) is 0 Å². The number of hydrogen-bond donors (Lipinski definition) is 1. The second-order valence-electron chi connectivity index (χ2n) is 4.71. The van der Waals surface area contributed by atoms with Gasteiger partial charge < -0.3 is 14.6 Å². The van der Waals surface area contributed by atoms with Crippen LogP contribution in [0, 0.1) is 6.92 Å². The van der Waals surface area contributed by atoms with Gasteiger partial charge in [0, 0.05) is 13.1 Å². The van der Waals surface area contributed by atoms with E-state index in [4.69, 9.17) is 16.0 Å². The van der Waals surface area contributed by atoms with E-state index in [-0.39, 0.29) is 11.3 Å². The maximum Gasteiger partial charge on any atom is 0.231 e. The second-order valence-corrected chi connectivity index (χ2v) is 5.05. The first-order chi connectivity index (χ1) is 10.0. The molecule has 1 atom stereocenters. The number of furan rings is 1. The van der Waals surface area contributed by atoms with Crippen molar-refractivity contribution in [3.8, 4) is 0 Å². The minimum Gasteiger partial charge on any atom is -0.464 e. The largest absolute Gasteiger partial charge is 0.464 e.